The van der Waals surface area contributed by atoms with Crippen LogP contribution in [0.1, 0.15) is 5.56 Å². The molecule has 2 heterocycles. The van der Waals surface area contributed by atoms with Gasteiger partial charge in [0.15, 0.2) is 0 Å². The molecular formula is C14H14N4. The molecule has 2 N–H and O–H groups in total. The Hall–Kier alpha value is -2.20. The van der Waals surface area contributed by atoms with Crippen molar-refractivity contribution in [3.05, 3.63) is 48.3 Å². The number of rotatable bonds is 2. The number of benzene rings is 1. The van der Waals surface area contributed by atoms with Crippen molar-refractivity contribution in [3.8, 4) is 11.4 Å². The molecule has 0 radical (unpaired) electrons. The molecule has 0 aliphatic carbocycles. The fourth-order valence-electron chi connectivity index (χ4n) is 2.13. The van der Waals surface area contributed by atoms with Crippen molar-refractivity contribution >= 4 is 11.0 Å². The van der Waals surface area contributed by atoms with Gasteiger partial charge in [0.05, 0.1) is 11.0 Å². The molecule has 0 fully saturated rings. The van der Waals surface area contributed by atoms with E-state index in [4.69, 9.17) is 5.73 Å². The molecule has 4 nitrogen and oxygen atoms in total. The maximum Gasteiger partial charge on any atom is 0.142 e. The van der Waals surface area contributed by atoms with E-state index in [1.54, 1.807) is 6.20 Å². The lowest BCUT2D eigenvalue weighted by Crippen LogP contribution is -1.95. The SMILES string of the molecule is Cn1c(-c2cccnc2)nc2cc(CN)ccc21. The van der Waals surface area contributed by atoms with E-state index >= 15 is 0 Å². The van der Waals surface area contributed by atoms with Crippen LogP contribution >= 0.6 is 0 Å². The number of hydrogen-bond acceptors (Lipinski definition) is 3. The van der Waals surface area contributed by atoms with Crippen LogP contribution in [0.3, 0.4) is 0 Å². The Balaban J connectivity index is 2.23. The first-order valence-corrected chi connectivity index (χ1v) is 5.85. The fraction of sp³-hybridized carbons (Fsp3) is 0.143. The monoisotopic (exact) mass is 238 g/mol. The molecule has 1 aromatic carbocycles. The van der Waals surface area contributed by atoms with Gasteiger partial charge in [-0.05, 0) is 29.8 Å². The number of fused-ring (bicyclic) bond motifs is 1. The van der Waals surface area contributed by atoms with Crippen molar-refractivity contribution in [2.75, 3.05) is 0 Å². The Morgan fingerprint density at radius 2 is 2.17 bits per heavy atom. The zero-order chi connectivity index (χ0) is 12.5. The minimum atomic E-state index is 0.536. The smallest absolute Gasteiger partial charge is 0.142 e. The van der Waals surface area contributed by atoms with E-state index in [0.29, 0.717) is 6.54 Å². The summed E-state index contributed by atoms with van der Waals surface area (Å²) in [5, 5.41) is 0. The van der Waals surface area contributed by atoms with E-state index in [1.165, 1.54) is 0 Å². The highest BCUT2D eigenvalue weighted by Gasteiger charge is 2.09. The molecule has 0 aliphatic rings. The Kier molecular flexibility index (Phi) is 2.57. The maximum atomic E-state index is 5.65. The molecule has 0 atom stereocenters. The molecule has 3 rings (SSSR count). The molecule has 0 bridgehead atoms. The van der Waals surface area contributed by atoms with E-state index < -0.39 is 0 Å². The van der Waals surface area contributed by atoms with Gasteiger partial charge in [-0.25, -0.2) is 4.98 Å². The number of imidazole rings is 1. The third-order valence-corrected chi connectivity index (χ3v) is 3.10. The molecule has 0 saturated carbocycles. The van der Waals surface area contributed by atoms with Crippen LogP contribution in [-0.2, 0) is 13.6 Å². The van der Waals surface area contributed by atoms with Gasteiger partial charge in [0, 0.05) is 31.5 Å². The highest BCUT2D eigenvalue weighted by molar-refractivity contribution is 5.81. The minimum Gasteiger partial charge on any atom is -0.327 e. The fourth-order valence-corrected chi connectivity index (χ4v) is 2.13. The number of pyridine rings is 1. The van der Waals surface area contributed by atoms with Gasteiger partial charge >= 0.3 is 0 Å². The Morgan fingerprint density at radius 1 is 1.28 bits per heavy atom. The summed E-state index contributed by atoms with van der Waals surface area (Å²) in [5.41, 5.74) is 9.84. The highest BCUT2D eigenvalue weighted by Crippen LogP contribution is 2.23. The topological polar surface area (TPSA) is 56.7 Å². The second-order valence-corrected chi connectivity index (χ2v) is 4.26. The van der Waals surface area contributed by atoms with Crippen LogP contribution in [0.4, 0.5) is 0 Å². The summed E-state index contributed by atoms with van der Waals surface area (Å²) in [6.45, 7) is 0.536. The molecule has 0 amide bonds. The molecular weight excluding hydrogens is 224 g/mol. The first kappa shape index (κ1) is 10.9. The van der Waals surface area contributed by atoms with Gasteiger partial charge in [-0.3, -0.25) is 4.98 Å². The van der Waals surface area contributed by atoms with Gasteiger partial charge in [0.2, 0.25) is 0 Å². The van der Waals surface area contributed by atoms with Crippen molar-refractivity contribution in [2.24, 2.45) is 12.8 Å². The standard InChI is InChI=1S/C14H14N4/c1-18-13-5-4-10(8-15)7-12(13)17-14(18)11-3-2-6-16-9-11/h2-7,9H,8,15H2,1H3. The predicted molar refractivity (Wildman–Crippen MR) is 71.8 cm³/mol. The van der Waals surface area contributed by atoms with E-state index in [9.17, 15) is 0 Å². The van der Waals surface area contributed by atoms with Gasteiger partial charge in [-0.2, -0.15) is 0 Å². The zero-order valence-electron chi connectivity index (χ0n) is 10.2. The van der Waals surface area contributed by atoms with Gasteiger partial charge < -0.3 is 10.3 Å². The summed E-state index contributed by atoms with van der Waals surface area (Å²) in [6.07, 6.45) is 3.59. The molecule has 0 spiro atoms. The van der Waals surface area contributed by atoms with Gasteiger partial charge in [0.1, 0.15) is 5.82 Å². The van der Waals surface area contributed by atoms with Gasteiger partial charge in [-0.1, -0.05) is 6.07 Å². The van der Waals surface area contributed by atoms with Crippen LogP contribution in [0, 0.1) is 0 Å². The van der Waals surface area contributed by atoms with Crippen molar-refractivity contribution in [1.82, 2.24) is 14.5 Å². The van der Waals surface area contributed by atoms with Crippen molar-refractivity contribution in [3.63, 3.8) is 0 Å². The summed E-state index contributed by atoms with van der Waals surface area (Å²) < 4.78 is 2.08. The largest absolute Gasteiger partial charge is 0.327 e. The number of aryl methyl sites for hydroxylation is 1. The number of nitrogens with two attached hydrogens (primary N) is 1. The molecule has 2 aromatic heterocycles. The summed E-state index contributed by atoms with van der Waals surface area (Å²) >= 11 is 0. The Labute approximate surface area is 105 Å². The van der Waals surface area contributed by atoms with Crippen molar-refractivity contribution in [1.29, 1.82) is 0 Å². The lowest BCUT2D eigenvalue weighted by atomic mass is 10.2. The third kappa shape index (κ3) is 1.67. The molecule has 0 aliphatic heterocycles. The third-order valence-electron chi connectivity index (χ3n) is 3.10. The van der Waals surface area contributed by atoms with Crippen LogP contribution in [0.2, 0.25) is 0 Å². The number of hydrogen-bond donors (Lipinski definition) is 1. The Morgan fingerprint density at radius 3 is 2.89 bits per heavy atom. The first-order chi connectivity index (χ1) is 8.79. The summed E-state index contributed by atoms with van der Waals surface area (Å²) in [6, 6.07) is 10.1. The average Bonchev–Trinajstić information content (AvgIpc) is 2.76. The number of aromatic nitrogens is 3. The second-order valence-electron chi connectivity index (χ2n) is 4.26. The van der Waals surface area contributed by atoms with Crippen LogP contribution < -0.4 is 5.73 Å². The average molecular weight is 238 g/mol. The number of nitrogens with zero attached hydrogens (tertiary/aromatic N) is 3. The van der Waals surface area contributed by atoms with E-state index in [1.807, 2.05) is 37.5 Å². The lowest BCUT2D eigenvalue weighted by Gasteiger charge is -2.01. The quantitative estimate of drug-likeness (QED) is 0.743. The van der Waals surface area contributed by atoms with Gasteiger partial charge in [-0.15, -0.1) is 0 Å². The normalized spacial score (nSPS) is 11.0. The molecule has 3 aromatic rings. The van der Waals surface area contributed by atoms with Crippen molar-refractivity contribution < 1.29 is 0 Å². The molecule has 18 heavy (non-hydrogen) atoms. The van der Waals surface area contributed by atoms with E-state index in [0.717, 1.165) is 28.0 Å². The van der Waals surface area contributed by atoms with Crippen LogP contribution in [0.15, 0.2) is 42.7 Å². The minimum absolute atomic E-state index is 0.536. The summed E-state index contributed by atoms with van der Waals surface area (Å²) in [7, 11) is 2.01. The van der Waals surface area contributed by atoms with Crippen LogP contribution in [0.5, 0.6) is 0 Å². The summed E-state index contributed by atoms with van der Waals surface area (Å²) in [5.74, 6) is 0.923. The zero-order valence-corrected chi connectivity index (χ0v) is 10.2. The maximum absolute atomic E-state index is 5.65. The van der Waals surface area contributed by atoms with E-state index in [-0.39, 0.29) is 0 Å². The van der Waals surface area contributed by atoms with E-state index in [2.05, 4.69) is 20.6 Å². The molecule has 90 valence electrons. The molecule has 0 unspecified atom stereocenters. The summed E-state index contributed by atoms with van der Waals surface area (Å²) in [4.78, 5) is 8.79. The van der Waals surface area contributed by atoms with Crippen LogP contribution in [-0.4, -0.2) is 14.5 Å². The predicted octanol–water partition coefficient (Wildman–Crippen LogP) is 2.09. The Bertz CT molecular complexity index is 686. The van der Waals surface area contributed by atoms with Gasteiger partial charge in [0.25, 0.3) is 0 Å². The molecule has 4 heteroatoms. The second kappa shape index (κ2) is 4.23. The molecule has 0 saturated heterocycles. The highest BCUT2D eigenvalue weighted by atomic mass is 15.1. The van der Waals surface area contributed by atoms with Crippen LogP contribution in [0.25, 0.3) is 22.4 Å². The lowest BCUT2D eigenvalue weighted by molar-refractivity contribution is 0.957. The van der Waals surface area contributed by atoms with Crippen molar-refractivity contribution in [2.45, 2.75) is 6.54 Å². The first-order valence-electron chi connectivity index (χ1n) is 5.85.